The lowest BCUT2D eigenvalue weighted by Gasteiger charge is -1.94. The third kappa shape index (κ3) is 3.66. The van der Waals surface area contributed by atoms with Gasteiger partial charge in [-0.3, -0.25) is 4.79 Å². The summed E-state index contributed by atoms with van der Waals surface area (Å²) in [6.07, 6.45) is 3.39. The van der Waals surface area contributed by atoms with Crippen LogP contribution in [0.2, 0.25) is 4.34 Å². The Morgan fingerprint density at radius 2 is 2.12 bits per heavy atom. The lowest BCUT2D eigenvalue weighted by Crippen LogP contribution is -1.88. The molecule has 2 aromatic rings. The number of ketones is 1. The van der Waals surface area contributed by atoms with Gasteiger partial charge in [-0.1, -0.05) is 29.8 Å². The minimum absolute atomic E-state index is 0.0132. The Bertz CT molecular complexity index is 574. The number of hydrogen-bond acceptors (Lipinski definition) is 2. The highest BCUT2D eigenvalue weighted by Crippen LogP contribution is 2.22. The first kappa shape index (κ1) is 12.8. The van der Waals surface area contributed by atoms with Crippen LogP contribution in [0.25, 0.3) is 6.08 Å². The van der Waals surface area contributed by atoms with Gasteiger partial charge >= 0.3 is 0 Å². The number of halogens is 2. The van der Waals surface area contributed by atoms with Gasteiger partial charge in [0.25, 0.3) is 0 Å². The van der Waals surface area contributed by atoms with Crippen LogP contribution in [0.3, 0.4) is 0 Å². The summed E-state index contributed by atoms with van der Waals surface area (Å²) in [5, 5.41) is 0. The van der Waals surface area contributed by atoms with Crippen molar-refractivity contribution in [1.29, 1.82) is 0 Å². The van der Waals surface area contributed by atoms with Gasteiger partial charge in [0.05, 0.1) is 9.21 Å². The van der Waals surface area contributed by atoms with Gasteiger partial charge in [-0.25, -0.2) is 0 Å². The van der Waals surface area contributed by atoms with Crippen LogP contribution in [0.15, 0.2) is 42.5 Å². The van der Waals surface area contributed by atoms with Gasteiger partial charge in [-0.05, 0) is 58.5 Å². The lowest BCUT2D eigenvalue weighted by molar-refractivity contribution is 0.105. The van der Waals surface area contributed by atoms with Crippen molar-refractivity contribution < 1.29 is 4.79 Å². The molecule has 4 heteroatoms. The SMILES string of the molecule is O=C(/C=C/c1cccc(I)c1)c1ccc(Cl)s1. The monoisotopic (exact) mass is 374 g/mol. The third-order valence-electron chi connectivity index (χ3n) is 2.09. The number of hydrogen-bond donors (Lipinski definition) is 0. The van der Waals surface area contributed by atoms with Crippen LogP contribution in [-0.2, 0) is 0 Å². The molecule has 1 aromatic heterocycles. The average molecular weight is 375 g/mol. The van der Waals surface area contributed by atoms with Crippen LogP contribution in [0, 0.1) is 3.57 Å². The molecule has 0 atom stereocenters. The Morgan fingerprint density at radius 1 is 1.29 bits per heavy atom. The zero-order valence-electron chi connectivity index (χ0n) is 8.69. The molecule has 0 unspecified atom stereocenters. The maximum Gasteiger partial charge on any atom is 0.195 e. The molecule has 0 fully saturated rings. The van der Waals surface area contributed by atoms with Gasteiger partial charge < -0.3 is 0 Å². The van der Waals surface area contributed by atoms with Crippen molar-refractivity contribution in [2.45, 2.75) is 0 Å². The molecule has 0 aliphatic heterocycles. The molecule has 0 saturated heterocycles. The summed E-state index contributed by atoms with van der Waals surface area (Å²) in [4.78, 5) is 12.4. The first-order chi connectivity index (χ1) is 8.15. The lowest BCUT2D eigenvalue weighted by atomic mass is 10.2. The topological polar surface area (TPSA) is 17.1 Å². The van der Waals surface area contributed by atoms with E-state index in [1.54, 1.807) is 18.2 Å². The summed E-state index contributed by atoms with van der Waals surface area (Å²) < 4.78 is 1.78. The van der Waals surface area contributed by atoms with E-state index < -0.39 is 0 Å². The van der Waals surface area contributed by atoms with Gasteiger partial charge in [0.2, 0.25) is 0 Å². The van der Waals surface area contributed by atoms with Crippen LogP contribution in [-0.4, -0.2) is 5.78 Å². The molecule has 0 bridgehead atoms. The maximum atomic E-state index is 11.8. The van der Waals surface area contributed by atoms with E-state index in [1.165, 1.54) is 11.3 Å². The third-order valence-corrected chi connectivity index (χ3v) is 4.01. The molecule has 17 heavy (non-hydrogen) atoms. The number of carbonyl (C=O) groups excluding carboxylic acids is 1. The highest BCUT2D eigenvalue weighted by molar-refractivity contribution is 14.1. The van der Waals surface area contributed by atoms with Crippen molar-refractivity contribution >= 4 is 57.4 Å². The highest BCUT2D eigenvalue weighted by atomic mass is 127. The first-order valence-corrected chi connectivity index (χ1v) is 7.16. The van der Waals surface area contributed by atoms with Gasteiger partial charge in [0, 0.05) is 3.57 Å². The Hall–Kier alpha value is -0.650. The van der Waals surface area contributed by atoms with E-state index in [1.807, 2.05) is 30.3 Å². The molecule has 0 aliphatic carbocycles. The van der Waals surface area contributed by atoms with Crippen molar-refractivity contribution in [3.8, 4) is 0 Å². The van der Waals surface area contributed by atoms with Crippen molar-refractivity contribution in [2.75, 3.05) is 0 Å². The van der Waals surface area contributed by atoms with Gasteiger partial charge in [0.15, 0.2) is 5.78 Å². The normalized spacial score (nSPS) is 10.9. The maximum absolute atomic E-state index is 11.8. The van der Waals surface area contributed by atoms with Crippen molar-refractivity contribution in [3.05, 3.63) is 60.8 Å². The zero-order valence-corrected chi connectivity index (χ0v) is 12.4. The minimum Gasteiger partial charge on any atom is -0.288 e. The van der Waals surface area contributed by atoms with E-state index >= 15 is 0 Å². The summed E-state index contributed by atoms with van der Waals surface area (Å²) >= 11 is 9.32. The molecule has 0 saturated carbocycles. The molecule has 2 rings (SSSR count). The molecule has 0 radical (unpaired) electrons. The number of rotatable bonds is 3. The average Bonchev–Trinajstić information content (AvgIpc) is 2.73. The minimum atomic E-state index is -0.0132. The van der Waals surface area contributed by atoms with E-state index in [9.17, 15) is 4.79 Å². The summed E-state index contributed by atoms with van der Waals surface area (Å²) in [6.45, 7) is 0. The van der Waals surface area contributed by atoms with Gasteiger partial charge in [0.1, 0.15) is 0 Å². The Morgan fingerprint density at radius 3 is 2.76 bits per heavy atom. The van der Waals surface area contributed by atoms with E-state index in [0.717, 1.165) is 9.13 Å². The molecular formula is C13H8ClIOS. The number of benzene rings is 1. The van der Waals surface area contributed by atoms with E-state index in [0.29, 0.717) is 9.21 Å². The number of allylic oxidation sites excluding steroid dienone is 1. The van der Waals surface area contributed by atoms with Gasteiger partial charge in [-0.15, -0.1) is 11.3 Å². The van der Waals surface area contributed by atoms with Crippen molar-refractivity contribution in [3.63, 3.8) is 0 Å². The highest BCUT2D eigenvalue weighted by Gasteiger charge is 2.04. The zero-order chi connectivity index (χ0) is 12.3. The van der Waals surface area contributed by atoms with Crippen molar-refractivity contribution in [1.82, 2.24) is 0 Å². The van der Waals surface area contributed by atoms with Crippen LogP contribution >= 0.6 is 45.5 Å². The van der Waals surface area contributed by atoms with E-state index in [2.05, 4.69) is 22.6 Å². The molecule has 0 aliphatic rings. The first-order valence-electron chi connectivity index (χ1n) is 4.88. The number of carbonyl (C=O) groups is 1. The fourth-order valence-electron chi connectivity index (χ4n) is 1.31. The van der Waals surface area contributed by atoms with Crippen molar-refractivity contribution in [2.24, 2.45) is 0 Å². The fraction of sp³-hybridized carbons (Fsp3) is 0. The predicted octanol–water partition coefficient (Wildman–Crippen LogP) is 4.90. The second kappa shape index (κ2) is 5.80. The smallest absolute Gasteiger partial charge is 0.195 e. The summed E-state index contributed by atoms with van der Waals surface area (Å²) in [6, 6.07) is 11.4. The van der Waals surface area contributed by atoms with Crippen LogP contribution in [0.4, 0.5) is 0 Å². The fourth-order valence-corrected chi connectivity index (χ4v) is 2.84. The summed E-state index contributed by atoms with van der Waals surface area (Å²) in [7, 11) is 0. The Kier molecular flexibility index (Phi) is 4.36. The molecule has 1 nitrogen and oxygen atoms in total. The quantitative estimate of drug-likeness (QED) is 0.424. The van der Waals surface area contributed by atoms with E-state index in [4.69, 9.17) is 11.6 Å². The van der Waals surface area contributed by atoms with Crippen LogP contribution in [0.1, 0.15) is 15.2 Å². The second-order valence-electron chi connectivity index (χ2n) is 3.36. The van der Waals surface area contributed by atoms with Crippen LogP contribution in [0.5, 0.6) is 0 Å². The Labute approximate surface area is 122 Å². The second-order valence-corrected chi connectivity index (χ2v) is 6.32. The Balaban J connectivity index is 2.13. The number of thiophene rings is 1. The predicted molar refractivity (Wildman–Crippen MR) is 81.9 cm³/mol. The standard InChI is InChI=1S/C13H8ClIOS/c14-13-7-6-12(17-13)11(16)5-4-9-2-1-3-10(15)8-9/h1-8H/b5-4+. The largest absolute Gasteiger partial charge is 0.288 e. The molecule has 1 aromatic carbocycles. The van der Waals surface area contributed by atoms with Gasteiger partial charge in [-0.2, -0.15) is 0 Å². The molecule has 86 valence electrons. The summed E-state index contributed by atoms with van der Waals surface area (Å²) in [5.74, 6) is -0.0132. The molecule has 0 spiro atoms. The molecule has 0 N–H and O–H groups in total. The summed E-state index contributed by atoms with van der Waals surface area (Å²) in [5.41, 5.74) is 1.02. The van der Waals surface area contributed by atoms with E-state index in [-0.39, 0.29) is 5.78 Å². The molecule has 1 heterocycles. The van der Waals surface area contributed by atoms with Crippen LogP contribution < -0.4 is 0 Å². The molecular weight excluding hydrogens is 367 g/mol. The molecule has 0 amide bonds.